The summed E-state index contributed by atoms with van der Waals surface area (Å²) in [4.78, 5) is 2.29. The van der Waals surface area contributed by atoms with Crippen LogP contribution in [-0.4, -0.2) is 23.3 Å². The summed E-state index contributed by atoms with van der Waals surface area (Å²) in [5, 5.41) is 2.32. The summed E-state index contributed by atoms with van der Waals surface area (Å²) in [7, 11) is 4.29. The zero-order valence-corrected chi connectivity index (χ0v) is 19.8. The van der Waals surface area contributed by atoms with Crippen molar-refractivity contribution < 1.29 is 8.98 Å². The normalized spacial score (nSPS) is 13.6. The van der Waals surface area contributed by atoms with Crippen molar-refractivity contribution in [3.05, 3.63) is 76.6 Å². The molecule has 4 nitrogen and oxygen atoms in total. The number of benzene rings is 2. The highest BCUT2D eigenvalue weighted by atomic mass is 16.3. The monoisotopic (exact) mass is 424 g/mol. The SMILES string of the molecule is CC(C)c1cccc(C(C)C)c1-n1cc[n+](C)c1B1C=c2oc3ccccc3c2=CN1C. The molecule has 0 N–H and O–H groups in total. The molecule has 5 rings (SSSR count). The number of para-hydroxylation sites is 2. The van der Waals surface area contributed by atoms with Crippen LogP contribution in [0.15, 0.2) is 59.3 Å². The van der Waals surface area contributed by atoms with Crippen molar-refractivity contribution in [1.82, 2.24) is 9.38 Å². The van der Waals surface area contributed by atoms with Crippen molar-refractivity contribution in [1.29, 1.82) is 0 Å². The quantitative estimate of drug-likeness (QED) is 0.372. The maximum Gasteiger partial charge on any atom is 0.424 e. The molecule has 0 aliphatic carbocycles. The molecule has 0 saturated heterocycles. The lowest BCUT2D eigenvalue weighted by Crippen LogP contribution is -2.62. The lowest BCUT2D eigenvalue weighted by Gasteiger charge is -2.23. The molecule has 0 atom stereocenters. The number of fused-ring (bicyclic) bond motifs is 3. The fraction of sp³-hybridized carbons (Fsp3) is 0.296. The Kier molecular flexibility index (Phi) is 5.00. The summed E-state index contributed by atoms with van der Waals surface area (Å²) in [6, 6.07) is 15.0. The number of furan rings is 1. The molecule has 32 heavy (non-hydrogen) atoms. The fourth-order valence-corrected chi connectivity index (χ4v) is 4.96. The van der Waals surface area contributed by atoms with Crippen LogP contribution in [0.1, 0.15) is 50.7 Å². The van der Waals surface area contributed by atoms with Crippen molar-refractivity contribution in [2.45, 2.75) is 39.5 Å². The van der Waals surface area contributed by atoms with Gasteiger partial charge in [0.15, 0.2) is 0 Å². The summed E-state index contributed by atoms with van der Waals surface area (Å²) in [6.45, 7) is 9.17. The molecule has 1 aliphatic heterocycles. The van der Waals surface area contributed by atoms with Gasteiger partial charge in [0, 0.05) is 21.7 Å². The number of nitrogens with zero attached hydrogens (tertiary/aromatic N) is 3. The van der Waals surface area contributed by atoms with Crippen LogP contribution in [0.4, 0.5) is 0 Å². The fourth-order valence-electron chi connectivity index (χ4n) is 4.96. The second kappa shape index (κ2) is 7.73. The lowest BCUT2D eigenvalue weighted by molar-refractivity contribution is -0.653. The number of imidazole rings is 1. The first-order valence-electron chi connectivity index (χ1n) is 11.5. The first kappa shape index (κ1) is 20.7. The largest absolute Gasteiger partial charge is 0.457 e. The first-order chi connectivity index (χ1) is 15.4. The van der Waals surface area contributed by atoms with Gasteiger partial charge in [-0.15, -0.1) is 0 Å². The van der Waals surface area contributed by atoms with E-state index in [-0.39, 0.29) is 6.85 Å². The lowest BCUT2D eigenvalue weighted by atomic mass is 9.58. The van der Waals surface area contributed by atoms with E-state index in [9.17, 15) is 0 Å². The second-order valence-electron chi connectivity index (χ2n) is 9.51. The maximum atomic E-state index is 6.24. The maximum absolute atomic E-state index is 6.24. The van der Waals surface area contributed by atoms with Gasteiger partial charge in [0.25, 0.3) is 0 Å². The standard InChI is InChI=1S/C27H31BN3O/c1-18(2)20-11-9-12-21(19(3)4)26(20)31-15-14-29(5)27(31)28-16-25-23(17-30(28)6)22-10-7-8-13-24(22)32-25/h7-19H,1-6H3/q+1. The van der Waals surface area contributed by atoms with E-state index in [1.807, 2.05) is 12.1 Å². The Balaban J connectivity index is 1.75. The molecule has 0 amide bonds. The van der Waals surface area contributed by atoms with Crippen molar-refractivity contribution in [2.75, 3.05) is 7.05 Å². The van der Waals surface area contributed by atoms with E-state index >= 15 is 0 Å². The molecule has 1 aliphatic rings. The molecule has 0 fully saturated rings. The summed E-state index contributed by atoms with van der Waals surface area (Å²) in [5.74, 6) is 3.13. The van der Waals surface area contributed by atoms with E-state index in [1.165, 1.54) is 22.5 Å². The Hall–Kier alpha value is -3.21. The minimum Gasteiger partial charge on any atom is -0.457 e. The van der Waals surface area contributed by atoms with Gasteiger partial charge in [0.2, 0.25) is 5.72 Å². The van der Waals surface area contributed by atoms with Gasteiger partial charge in [-0.1, -0.05) is 64.1 Å². The van der Waals surface area contributed by atoms with Crippen LogP contribution in [0.25, 0.3) is 28.8 Å². The van der Waals surface area contributed by atoms with Crippen LogP contribution in [0, 0.1) is 0 Å². The molecule has 0 radical (unpaired) electrons. The van der Waals surface area contributed by atoms with Gasteiger partial charge in [0.05, 0.1) is 7.05 Å². The van der Waals surface area contributed by atoms with E-state index in [0.717, 1.165) is 21.6 Å². The third kappa shape index (κ3) is 3.19. The molecule has 2 aromatic carbocycles. The molecule has 3 heterocycles. The van der Waals surface area contributed by atoms with Crippen molar-refractivity contribution in [2.24, 2.45) is 7.05 Å². The van der Waals surface area contributed by atoms with Gasteiger partial charge in [-0.2, -0.15) is 0 Å². The van der Waals surface area contributed by atoms with Gasteiger partial charge < -0.3 is 9.23 Å². The van der Waals surface area contributed by atoms with Crippen molar-refractivity contribution in [3.63, 3.8) is 0 Å². The van der Waals surface area contributed by atoms with E-state index in [1.54, 1.807) is 0 Å². The molecule has 0 bridgehead atoms. The molecule has 4 aromatic rings. The molecule has 2 aromatic heterocycles. The number of aromatic nitrogens is 2. The van der Waals surface area contributed by atoms with Crippen LogP contribution in [0.3, 0.4) is 0 Å². The second-order valence-corrected chi connectivity index (χ2v) is 9.51. The minimum atomic E-state index is 0.0586. The third-order valence-electron chi connectivity index (χ3n) is 6.64. The predicted molar refractivity (Wildman–Crippen MR) is 133 cm³/mol. The zero-order valence-electron chi connectivity index (χ0n) is 19.8. The van der Waals surface area contributed by atoms with Gasteiger partial charge in [-0.05, 0) is 37.1 Å². The zero-order chi connectivity index (χ0) is 22.6. The van der Waals surface area contributed by atoms with Crippen LogP contribution in [0.5, 0.6) is 0 Å². The Morgan fingerprint density at radius 2 is 1.62 bits per heavy atom. The molecule has 0 spiro atoms. The Bertz CT molecular complexity index is 1400. The molecule has 162 valence electrons. The molecular formula is C27H31BN3O+. The van der Waals surface area contributed by atoms with E-state index in [2.05, 4.69) is 111 Å². The molecular weight excluding hydrogens is 393 g/mol. The van der Waals surface area contributed by atoms with E-state index < -0.39 is 0 Å². The third-order valence-corrected chi connectivity index (χ3v) is 6.64. The van der Waals surface area contributed by atoms with Gasteiger partial charge in [-0.25, -0.2) is 9.13 Å². The van der Waals surface area contributed by atoms with Crippen molar-refractivity contribution >= 4 is 35.7 Å². The average molecular weight is 424 g/mol. The van der Waals surface area contributed by atoms with Crippen molar-refractivity contribution in [3.8, 4) is 5.69 Å². The molecule has 0 unspecified atom stereocenters. The molecule has 0 saturated carbocycles. The Morgan fingerprint density at radius 3 is 2.31 bits per heavy atom. The summed E-state index contributed by atoms with van der Waals surface area (Å²) < 4.78 is 10.9. The number of rotatable bonds is 4. The first-order valence-corrected chi connectivity index (χ1v) is 11.5. The highest BCUT2D eigenvalue weighted by molar-refractivity contribution is 6.82. The topological polar surface area (TPSA) is 25.2 Å². The van der Waals surface area contributed by atoms with Crippen LogP contribution in [-0.2, 0) is 7.05 Å². The highest BCUT2D eigenvalue weighted by Crippen LogP contribution is 2.30. The molecule has 5 heteroatoms. The summed E-state index contributed by atoms with van der Waals surface area (Å²) >= 11 is 0. The number of hydrogen-bond donors (Lipinski definition) is 0. The van der Waals surface area contributed by atoms with E-state index in [0.29, 0.717) is 11.8 Å². The highest BCUT2D eigenvalue weighted by Gasteiger charge is 2.36. The number of aryl methyl sites for hydroxylation is 1. The van der Waals surface area contributed by atoms with Gasteiger partial charge in [-0.3, -0.25) is 0 Å². The predicted octanol–water partition coefficient (Wildman–Crippen LogP) is 3.20. The van der Waals surface area contributed by atoms with Gasteiger partial charge in [0.1, 0.15) is 29.1 Å². The Labute approximate surface area is 190 Å². The van der Waals surface area contributed by atoms with Crippen LogP contribution >= 0.6 is 0 Å². The smallest absolute Gasteiger partial charge is 0.424 e. The number of hydrogen-bond acceptors (Lipinski definition) is 2. The van der Waals surface area contributed by atoms with E-state index in [4.69, 9.17) is 4.42 Å². The average Bonchev–Trinajstić information content (AvgIpc) is 3.32. The minimum absolute atomic E-state index is 0.0586. The van der Waals surface area contributed by atoms with Crippen LogP contribution < -0.4 is 20.9 Å². The Morgan fingerprint density at radius 1 is 0.938 bits per heavy atom. The summed E-state index contributed by atoms with van der Waals surface area (Å²) in [5.41, 5.74) is 7.16. The van der Waals surface area contributed by atoms with Gasteiger partial charge >= 0.3 is 6.85 Å². The summed E-state index contributed by atoms with van der Waals surface area (Å²) in [6.07, 6.45) is 6.59. The van der Waals surface area contributed by atoms with Crippen LogP contribution in [0.2, 0.25) is 0 Å².